The van der Waals surface area contributed by atoms with Gasteiger partial charge in [-0.3, -0.25) is 4.79 Å². The van der Waals surface area contributed by atoms with E-state index in [-0.39, 0.29) is 21.3 Å². The van der Waals surface area contributed by atoms with Crippen LogP contribution in [0.25, 0.3) is 0 Å². The van der Waals surface area contributed by atoms with Crippen molar-refractivity contribution in [2.24, 2.45) is 0 Å². The Morgan fingerprint density at radius 1 is 1.35 bits per heavy atom. The maximum atomic E-state index is 13.1. The third-order valence-electron chi connectivity index (χ3n) is 2.40. The van der Waals surface area contributed by atoms with Gasteiger partial charge in [0.2, 0.25) is 0 Å². The number of pyridine rings is 1. The van der Waals surface area contributed by atoms with E-state index in [1.165, 1.54) is 18.2 Å². The maximum absolute atomic E-state index is 13.1. The van der Waals surface area contributed by atoms with Gasteiger partial charge < -0.3 is 5.32 Å². The van der Waals surface area contributed by atoms with Crippen molar-refractivity contribution in [1.82, 2.24) is 4.98 Å². The number of nitrogens with one attached hydrogen (secondary N) is 1. The predicted octanol–water partition coefficient (Wildman–Crippen LogP) is 3.65. The molecule has 2 rings (SSSR count). The smallest absolute Gasteiger partial charge is 0.258 e. The minimum absolute atomic E-state index is 0.0906. The van der Waals surface area contributed by atoms with E-state index >= 15 is 0 Å². The van der Waals surface area contributed by atoms with Crippen molar-refractivity contribution in [3.05, 3.63) is 57.6 Å². The lowest BCUT2D eigenvalue weighted by Crippen LogP contribution is -2.13. The minimum atomic E-state index is -0.669. The average Bonchev–Trinajstić information content (AvgIpc) is 2.41. The molecule has 20 heavy (non-hydrogen) atoms. The van der Waals surface area contributed by atoms with Gasteiger partial charge in [-0.2, -0.15) is 5.26 Å². The first-order chi connectivity index (χ1) is 9.51. The van der Waals surface area contributed by atoms with Gasteiger partial charge in [-0.05, 0) is 24.3 Å². The van der Waals surface area contributed by atoms with Crippen LogP contribution in [-0.4, -0.2) is 10.9 Å². The highest BCUT2D eigenvalue weighted by atomic mass is 35.5. The molecule has 0 saturated carbocycles. The molecule has 0 fully saturated rings. The van der Waals surface area contributed by atoms with E-state index in [1.807, 2.05) is 6.07 Å². The zero-order valence-electron chi connectivity index (χ0n) is 9.82. The lowest BCUT2D eigenvalue weighted by atomic mass is 10.2. The number of anilines is 1. The Bertz CT molecular complexity index is 728. The number of nitriles is 1. The highest BCUT2D eigenvalue weighted by Gasteiger charge is 2.13. The number of halogens is 3. The number of amides is 1. The van der Waals surface area contributed by atoms with Crippen LogP contribution >= 0.6 is 23.2 Å². The Hall–Kier alpha value is -2.16. The fourth-order valence-corrected chi connectivity index (χ4v) is 1.88. The molecular weight excluding hydrogens is 304 g/mol. The normalized spacial score (nSPS) is 9.90. The van der Waals surface area contributed by atoms with Gasteiger partial charge in [-0.1, -0.05) is 23.2 Å². The van der Waals surface area contributed by atoms with Gasteiger partial charge in [0.15, 0.2) is 0 Å². The number of aromatic nitrogens is 1. The topological polar surface area (TPSA) is 65.8 Å². The number of carbonyl (C=O) groups is 1. The second-order valence-electron chi connectivity index (χ2n) is 3.75. The molecule has 1 N–H and O–H groups in total. The van der Waals surface area contributed by atoms with E-state index in [0.717, 1.165) is 12.3 Å². The predicted molar refractivity (Wildman–Crippen MR) is 73.3 cm³/mol. The molecule has 0 spiro atoms. The van der Waals surface area contributed by atoms with E-state index in [9.17, 15) is 9.18 Å². The Morgan fingerprint density at radius 2 is 2.10 bits per heavy atom. The summed E-state index contributed by atoms with van der Waals surface area (Å²) in [5, 5.41) is 11.3. The largest absolute Gasteiger partial charge is 0.322 e. The monoisotopic (exact) mass is 309 g/mol. The molecule has 1 amide bonds. The second kappa shape index (κ2) is 5.87. The number of hydrogen-bond acceptors (Lipinski definition) is 3. The molecule has 0 atom stereocenters. The first kappa shape index (κ1) is 14.3. The van der Waals surface area contributed by atoms with E-state index in [4.69, 9.17) is 28.5 Å². The fourth-order valence-electron chi connectivity index (χ4n) is 1.46. The van der Waals surface area contributed by atoms with Gasteiger partial charge in [0.25, 0.3) is 5.91 Å². The quantitative estimate of drug-likeness (QED) is 0.861. The second-order valence-corrected chi connectivity index (χ2v) is 4.52. The number of carbonyl (C=O) groups excluding carboxylic acids is 1. The standard InChI is InChI=1S/C13H6Cl2FN3O/c14-11-4-9(2-1-7(11)5-17)19-13(20)10-3-8(16)6-18-12(10)15/h1-4,6H,(H,19,20). The molecule has 0 aliphatic heterocycles. The Balaban J connectivity index is 2.26. The number of hydrogen-bond donors (Lipinski definition) is 1. The van der Waals surface area contributed by atoms with Crippen molar-refractivity contribution >= 4 is 34.8 Å². The first-order valence-corrected chi connectivity index (χ1v) is 6.09. The highest BCUT2D eigenvalue weighted by Crippen LogP contribution is 2.22. The molecule has 0 aliphatic rings. The van der Waals surface area contributed by atoms with Gasteiger partial charge in [-0.15, -0.1) is 0 Å². The molecule has 1 aromatic carbocycles. The summed E-state index contributed by atoms with van der Waals surface area (Å²) in [5.41, 5.74) is 0.557. The van der Waals surface area contributed by atoms with Gasteiger partial charge in [0, 0.05) is 5.69 Å². The van der Waals surface area contributed by atoms with Crippen molar-refractivity contribution in [3.63, 3.8) is 0 Å². The summed E-state index contributed by atoms with van der Waals surface area (Å²) in [5.74, 6) is -1.29. The Morgan fingerprint density at radius 3 is 2.75 bits per heavy atom. The van der Waals surface area contributed by atoms with Crippen molar-refractivity contribution in [1.29, 1.82) is 5.26 Å². The summed E-state index contributed by atoms with van der Waals surface area (Å²) >= 11 is 11.6. The molecule has 1 heterocycles. The van der Waals surface area contributed by atoms with Crippen LogP contribution in [-0.2, 0) is 0 Å². The van der Waals surface area contributed by atoms with Gasteiger partial charge >= 0.3 is 0 Å². The van der Waals surface area contributed by atoms with Crippen LogP contribution in [0.2, 0.25) is 10.2 Å². The third kappa shape index (κ3) is 3.05. The highest BCUT2D eigenvalue weighted by molar-refractivity contribution is 6.33. The van der Waals surface area contributed by atoms with Crippen molar-refractivity contribution in [2.45, 2.75) is 0 Å². The number of rotatable bonds is 2. The summed E-state index contributed by atoms with van der Waals surface area (Å²) in [7, 11) is 0. The van der Waals surface area contributed by atoms with Crippen LogP contribution in [0.1, 0.15) is 15.9 Å². The summed E-state index contributed by atoms with van der Waals surface area (Å²) in [6.45, 7) is 0. The molecule has 0 unspecified atom stereocenters. The summed E-state index contributed by atoms with van der Waals surface area (Å²) in [4.78, 5) is 15.5. The molecule has 4 nitrogen and oxygen atoms in total. The van der Waals surface area contributed by atoms with Crippen molar-refractivity contribution in [3.8, 4) is 6.07 Å². The third-order valence-corrected chi connectivity index (χ3v) is 3.01. The summed E-state index contributed by atoms with van der Waals surface area (Å²) in [6, 6.07) is 7.26. The number of benzene rings is 1. The van der Waals surface area contributed by atoms with Crippen molar-refractivity contribution < 1.29 is 9.18 Å². The number of nitrogens with zero attached hydrogens (tertiary/aromatic N) is 2. The van der Waals surface area contributed by atoms with Gasteiger partial charge in [0.05, 0.1) is 22.3 Å². The molecule has 100 valence electrons. The maximum Gasteiger partial charge on any atom is 0.258 e. The molecule has 1 aromatic heterocycles. The molecule has 2 aromatic rings. The lowest BCUT2D eigenvalue weighted by Gasteiger charge is -2.07. The van der Waals surface area contributed by atoms with Crippen molar-refractivity contribution in [2.75, 3.05) is 5.32 Å². The van der Waals surface area contributed by atoms with Gasteiger partial charge in [0.1, 0.15) is 17.0 Å². The van der Waals surface area contributed by atoms with Gasteiger partial charge in [-0.25, -0.2) is 9.37 Å². The molecule has 0 bridgehead atoms. The average molecular weight is 310 g/mol. The molecule has 0 saturated heterocycles. The van der Waals surface area contributed by atoms with E-state index in [0.29, 0.717) is 5.69 Å². The first-order valence-electron chi connectivity index (χ1n) is 5.33. The van der Waals surface area contributed by atoms with E-state index < -0.39 is 11.7 Å². The van der Waals surface area contributed by atoms with Crippen LogP contribution in [0, 0.1) is 17.1 Å². The lowest BCUT2D eigenvalue weighted by molar-refractivity contribution is 0.102. The zero-order valence-corrected chi connectivity index (χ0v) is 11.3. The SMILES string of the molecule is N#Cc1ccc(NC(=O)c2cc(F)cnc2Cl)cc1Cl. The minimum Gasteiger partial charge on any atom is -0.322 e. The molecule has 7 heteroatoms. The van der Waals surface area contributed by atoms with E-state index in [1.54, 1.807) is 0 Å². The van der Waals surface area contributed by atoms with Crippen LogP contribution in [0.3, 0.4) is 0 Å². The van der Waals surface area contributed by atoms with Crippen LogP contribution in [0.15, 0.2) is 30.5 Å². The Labute approximate surface area is 123 Å². The van der Waals surface area contributed by atoms with Crippen LogP contribution in [0.5, 0.6) is 0 Å². The zero-order chi connectivity index (χ0) is 14.7. The molecular formula is C13H6Cl2FN3O. The van der Waals surface area contributed by atoms with E-state index in [2.05, 4.69) is 10.3 Å². The van der Waals surface area contributed by atoms with Crippen LogP contribution < -0.4 is 5.32 Å². The summed E-state index contributed by atoms with van der Waals surface area (Å²) < 4.78 is 13.1. The molecule has 0 radical (unpaired) electrons. The summed E-state index contributed by atoms with van der Waals surface area (Å²) in [6.07, 6.45) is 0.914. The van der Waals surface area contributed by atoms with Crippen LogP contribution in [0.4, 0.5) is 10.1 Å². The Kier molecular flexibility index (Phi) is 4.18. The molecule has 0 aliphatic carbocycles. The fraction of sp³-hybridized carbons (Fsp3) is 0.